The Kier molecular flexibility index (Phi) is 4.47. The number of amides is 1. The minimum Gasteiger partial charge on any atom is -0.486 e. The molecule has 1 aliphatic rings. The van der Waals surface area contributed by atoms with Gasteiger partial charge in [-0.1, -0.05) is 36.4 Å². The van der Waals surface area contributed by atoms with Crippen LogP contribution in [0, 0.1) is 0 Å². The fraction of sp³-hybridized carbons (Fsp3) is 0.350. The average molecular weight is 325 g/mol. The Morgan fingerprint density at radius 2 is 1.71 bits per heavy atom. The Labute approximate surface area is 142 Å². The fourth-order valence-corrected chi connectivity index (χ4v) is 2.78. The molecular formula is C20H23NO3. The van der Waals surface area contributed by atoms with E-state index < -0.39 is 5.41 Å². The van der Waals surface area contributed by atoms with Crippen LogP contribution in [0.25, 0.3) is 0 Å². The minimum absolute atomic E-state index is 0.00362. The van der Waals surface area contributed by atoms with Gasteiger partial charge in [-0.2, -0.15) is 0 Å². The Morgan fingerprint density at radius 1 is 1.04 bits per heavy atom. The van der Waals surface area contributed by atoms with Crippen molar-refractivity contribution in [3.05, 3.63) is 59.7 Å². The number of benzene rings is 2. The quantitative estimate of drug-likeness (QED) is 0.934. The standard InChI is InChI=1S/C20H23NO3/c1-14(15-9-10-17-18(13-15)24-12-11-23-17)21-19(22)20(2,3)16-7-5-4-6-8-16/h4-10,13-14H,11-12H2,1-3H3,(H,21,22)/t14-/m0/s1. The van der Waals surface area contributed by atoms with Gasteiger partial charge in [-0.3, -0.25) is 4.79 Å². The van der Waals surface area contributed by atoms with E-state index in [1.54, 1.807) is 0 Å². The first-order valence-corrected chi connectivity index (χ1v) is 8.24. The van der Waals surface area contributed by atoms with Crippen LogP contribution in [0.1, 0.15) is 37.9 Å². The van der Waals surface area contributed by atoms with Crippen molar-refractivity contribution in [2.24, 2.45) is 0 Å². The number of rotatable bonds is 4. The summed E-state index contributed by atoms with van der Waals surface area (Å²) in [4.78, 5) is 12.8. The molecule has 0 unspecified atom stereocenters. The summed E-state index contributed by atoms with van der Waals surface area (Å²) in [6, 6.07) is 15.5. The van der Waals surface area contributed by atoms with E-state index >= 15 is 0 Å². The van der Waals surface area contributed by atoms with Crippen LogP contribution in [0.5, 0.6) is 11.5 Å². The smallest absolute Gasteiger partial charge is 0.230 e. The molecule has 0 saturated carbocycles. The van der Waals surface area contributed by atoms with Crippen molar-refractivity contribution < 1.29 is 14.3 Å². The molecule has 0 bridgehead atoms. The van der Waals surface area contributed by atoms with E-state index in [9.17, 15) is 4.79 Å². The van der Waals surface area contributed by atoms with E-state index in [0.717, 1.165) is 22.6 Å². The molecule has 2 aromatic rings. The van der Waals surface area contributed by atoms with Crippen molar-refractivity contribution in [2.45, 2.75) is 32.2 Å². The van der Waals surface area contributed by atoms with Gasteiger partial charge in [0.25, 0.3) is 0 Å². The van der Waals surface area contributed by atoms with Gasteiger partial charge in [-0.25, -0.2) is 0 Å². The lowest BCUT2D eigenvalue weighted by Crippen LogP contribution is -2.41. The minimum atomic E-state index is -0.594. The van der Waals surface area contributed by atoms with Gasteiger partial charge in [-0.05, 0) is 44.0 Å². The zero-order chi connectivity index (χ0) is 17.2. The second-order valence-electron chi connectivity index (χ2n) is 6.59. The van der Waals surface area contributed by atoms with E-state index in [1.807, 2.05) is 69.3 Å². The molecule has 0 radical (unpaired) electrons. The van der Waals surface area contributed by atoms with E-state index in [1.165, 1.54) is 0 Å². The molecule has 1 atom stereocenters. The predicted octanol–water partition coefficient (Wildman–Crippen LogP) is 3.61. The monoisotopic (exact) mass is 325 g/mol. The van der Waals surface area contributed by atoms with E-state index in [4.69, 9.17) is 9.47 Å². The van der Waals surface area contributed by atoms with Gasteiger partial charge in [0.1, 0.15) is 13.2 Å². The topological polar surface area (TPSA) is 47.6 Å². The predicted molar refractivity (Wildman–Crippen MR) is 93.5 cm³/mol. The number of nitrogens with one attached hydrogen (secondary N) is 1. The maximum Gasteiger partial charge on any atom is 0.230 e. The average Bonchev–Trinajstić information content (AvgIpc) is 2.62. The highest BCUT2D eigenvalue weighted by Gasteiger charge is 2.30. The molecule has 24 heavy (non-hydrogen) atoms. The molecule has 126 valence electrons. The van der Waals surface area contributed by atoms with E-state index in [-0.39, 0.29) is 11.9 Å². The number of fused-ring (bicyclic) bond motifs is 1. The van der Waals surface area contributed by atoms with Gasteiger partial charge >= 0.3 is 0 Å². The van der Waals surface area contributed by atoms with Gasteiger partial charge in [0, 0.05) is 0 Å². The van der Waals surface area contributed by atoms with Crippen LogP contribution >= 0.6 is 0 Å². The third-order valence-electron chi connectivity index (χ3n) is 4.48. The van der Waals surface area contributed by atoms with Crippen LogP contribution in [-0.2, 0) is 10.2 Å². The third kappa shape index (κ3) is 3.23. The summed E-state index contributed by atoms with van der Waals surface area (Å²) < 4.78 is 11.2. The molecule has 0 saturated heterocycles. The van der Waals surface area contributed by atoms with E-state index in [2.05, 4.69) is 5.32 Å². The van der Waals surface area contributed by atoms with Crippen LogP contribution in [0.4, 0.5) is 0 Å². The van der Waals surface area contributed by atoms with Gasteiger partial charge in [-0.15, -0.1) is 0 Å². The van der Waals surface area contributed by atoms with Crippen molar-refractivity contribution in [2.75, 3.05) is 13.2 Å². The Balaban J connectivity index is 1.74. The summed E-state index contributed by atoms with van der Waals surface area (Å²) in [6.07, 6.45) is 0. The number of carbonyl (C=O) groups is 1. The second kappa shape index (κ2) is 6.56. The maximum atomic E-state index is 12.8. The normalized spacial score (nSPS) is 14.8. The van der Waals surface area contributed by atoms with E-state index in [0.29, 0.717) is 13.2 Å². The number of carbonyl (C=O) groups excluding carboxylic acids is 1. The van der Waals surface area contributed by atoms with Crippen molar-refractivity contribution in [3.63, 3.8) is 0 Å². The van der Waals surface area contributed by atoms with Gasteiger partial charge < -0.3 is 14.8 Å². The van der Waals surface area contributed by atoms with Crippen molar-refractivity contribution in [1.82, 2.24) is 5.32 Å². The van der Waals surface area contributed by atoms with Crippen LogP contribution in [0.3, 0.4) is 0 Å². The van der Waals surface area contributed by atoms with Gasteiger partial charge in [0.2, 0.25) is 5.91 Å². The van der Waals surface area contributed by atoms with Crippen LogP contribution in [0.2, 0.25) is 0 Å². The highest BCUT2D eigenvalue weighted by atomic mass is 16.6. The number of hydrogen-bond acceptors (Lipinski definition) is 3. The molecule has 0 spiro atoms. The highest BCUT2D eigenvalue weighted by molar-refractivity contribution is 5.87. The third-order valence-corrected chi connectivity index (χ3v) is 4.48. The zero-order valence-electron chi connectivity index (χ0n) is 14.3. The van der Waals surface area contributed by atoms with Gasteiger partial charge in [0.15, 0.2) is 11.5 Å². The molecule has 1 aliphatic heterocycles. The van der Waals surface area contributed by atoms with Crippen molar-refractivity contribution in [1.29, 1.82) is 0 Å². The summed E-state index contributed by atoms with van der Waals surface area (Å²) >= 11 is 0. The Morgan fingerprint density at radius 3 is 2.42 bits per heavy atom. The summed E-state index contributed by atoms with van der Waals surface area (Å²) in [6.45, 7) is 6.98. The molecule has 2 aromatic carbocycles. The molecule has 4 nitrogen and oxygen atoms in total. The first kappa shape index (κ1) is 16.4. The zero-order valence-corrected chi connectivity index (χ0v) is 14.3. The summed E-state index contributed by atoms with van der Waals surface area (Å²) in [5, 5.41) is 3.11. The van der Waals surface area contributed by atoms with Crippen LogP contribution in [0.15, 0.2) is 48.5 Å². The molecule has 1 heterocycles. The first-order chi connectivity index (χ1) is 11.5. The molecule has 3 rings (SSSR count). The lowest BCUT2D eigenvalue weighted by Gasteiger charge is -2.27. The van der Waals surface area contributed by atoms with Crippen LogP contribution < -0.4 is 14.8 Å². The van der Waals surface area contributed by atoms with Crippen molar-refractivity contribution >= 4 is 5.91 Å². The molecule has 1 N–H and O–H groups in total. The second-order valence-corrected chi connectivity index (χ2v) is 6.59. The lowest BCUT2D eigenvalue weighted by atomic mass is 9.83. The van der Waals surface area contributed by atoms with Gasteiger partial charge in [0.05, 0.1) is 11.5 Å². The number of hydrogen-bond donors (Lipinski definition) is 1. The fourth-order valence-electron chi connectivity index (χ4n) is 2.78. The molecule has 1 amide bonds. The SMILES string of the molecule is C[C@H](NC(=O)C(C)(C)c1ccccc1)c1ccc2c(c1)OCCO2. The largest absolute Gasteiger partial charge is 0.486 e. The first-order valence-electron chi connectivity index (χ1n) is 8.24. The van der Waals surface area contributed by atoms with Crippen molar-refractivity contribution in [3.8, 4) is 11.5 Å². The molecule has 4 heteroatoms. The number of ether oxygens (including phenoxy) is 2. The molecular weight excluding hydrogens is 302 g/mol. The molecule has 0 aliphatic carbocycles. The van der Waals surface area contributed by atoms with Crippen LogP contribution in [-0.4, -0.2) is 19.1 Å². The molecule has 0 aromatic heterocycles. The summed E-state index contributed by atoms with van der Waals surface area (Å²) in [7, 11) is 0. The Hall–Kier alpha value is -2.49. The highest BCUT2D eigenvalue weighted by Crippen LogP contribution is 2.33. The molecule has 0 fully saturated rings. The maximum absolute atomic E-state index is 12.8. The Bertz CT molecular complexity index is 725. The lowest BCUT2D eigenvalue weighted by molar-refractivity contribution is -0.126. The summed E-state index contributed by atoms with van der Waals surface area (Å²) in [5.41, 5.74) is 1.40. The summed E-state index contributed by atoms with van der Waals surface area (Å²) in [5.74, 6) is 1.49.